The van der Waals surface area contributed by atoms with Crippen molar-refractivity contribution < 1.29 is 14.3 Å². The van der Waals surface area contributed by atoms with Crippen LogP contribution in [0.4, 0.5) is 5.82 Å². The number of pyridine rings is 1. The van der Waals surface area contributed by atoms with Crippen LogP contribution in [-0.2, 0) is 27.5 Å². The van der Waals surface area contributed by atoms with Gasteiger partial charge in [-0.25, -0.2) is 9.97 Å². The number of carbonyl (C=O) groups excluding carboxylic acids is 2. The summed E-state index contributed by atoms with van der Waals surface area (Å²) in [7, 11) is 1.85. The number of rotatable bonds is 15. The van der Waals surface area contributed by atoms with Crippen LogP contribution in [0.5, 0.6) is 0 Å². The second kappa shape index (κ2) is 13.6. The van der Waals surface area contributed by atoms with Gasteiger partial charge in [0, 0.05) is 45.0 Å². The lowest BCUT2D eigenvalue weighted by Crippen LogP contribution is -2.46. The Morgan fingerprint density at radius 3 is 2.59 bits per heavy atom. The summed E-state index contributed by atoms with van der Waals surface area (Å²) < 4.78 is 7.90. The van der Waals surface area contributed by atoms with Crippen molar-refractivity contribution in [3.05, 3.63) is 30.1 Å². The first-order chi connectivity index (χ1) is 17.8. The number of imidazole rings is 1. The quantitative estimate of drug-likeness (QED) is 0.175. The fourth-order valence-corrected chi connectivity index (χ4v) is 4.61. The van der Waals surface area contributed by atoms with E-state index in [4.69, 9.17) is 14.7 Å². The maximum atomic E-state index is 12.8. The van der Waals surface area contributed by atoms with Crippen LogP contribution in [0.3, 0.4) is 0 Å². The van der Waals surface area contributed by atoms with Crippen LogP contribution in [0.15, 0.2) is 24.3 Å². The lowest BCUT2D eigenvalue weighted by Gasteiger charge is -2.28. The van der Waals surface area contributed by atoms with Crippen molar-refractivity contribution in [3.63, 3.8) is 0 Å². The molecule has 37 heavy (non-hydrogen) atoms. The maximum absolute atomic E-state index is 12.8. The molecule has 2 heterocycles. The van der Waals surface area contributed by atoms with Gasteiger partial charge in [0.25, 0.3) is 0 Å². The normalized spacial score (nSPS) is 11.7. The summed E-state index contributed by atoms with van der Waals surface area (Å²) in [6.45, 7) is 8.14. The van der Waals surface area contributed by atoms with E-state index in [9.17, 15) is 9.59 Å². The molecule has 3 aromatic rings. The molecular formula is C27H40N6O3S. The van der Waals surface area contributed by atoms with Crippen molar-refractivity contribution in [2.24, 2.45) is 0 Å². The first-order valence-corrected chi connectivity index (χ1v) is 13.6. The molecule has 0 atom stereocenters. The lowest BCUT2D eigenvalue weighted by atomic mass is 10.0. The van der Waals surface area contributed by atoms with E-state index in [2.05, 4.69) is 39.2 Å². The standard InChI is InChI=1S/C27H40N6O3S/c1-5-36-17-21-31-24-25(19-11-8-9-12-20(19)30-26(24)28-4)33(21)18-27(2,3)32-23(35)13-7-6-10-15-29-22(34)14-16-37/h8-9,11-12,37H,5-7,10,13-18H2,1-4H3,(H,28,30)(H,29,34)(H,32,35). The summed E-state index contributed by atoms with van der Waals surface area (Å²) in [5.41, 5.74) is 2.13. The Kier molecular flexibility index (Phi) is 10.6. The Bertz CT molecular complexity index is 1210. The van der Waals surface area contributed by atoms with Crippen molar-refractivity contribution in [2.75, 3.05) is 31.3 Å². The van der Waals surface area contributed by atoms with Crippen LogP contribution < -0.4 is 16.0 Å². The van der Waals surface area contributed by atoms with Crippen molar-refractivity contribution in [1.29, 1.82) is 0 Å². The summed E-state index contributed by atoms with van der Waals surface area (Å²) in [6, 6.07) is 8.02. The predicted molar refractivity (Wildman–Crippen MR) is 152 cm³/mol. The number of aromatic nitrogens is 3. The summed E-state index contributed by atoms with van der Waals surface area (Å²) in [5, 5.41) is 10.3. The largest absolute Gasteiger partial charge is 0.374 e. The molecule has 0 radical (unpaired) electrons. The monoisotopic (exact) mass is 528 g/mol. The number of anilines is 1. The average Bonchev–Trinajstić information content (AvgIpc) is 3.21. The van der Waals surface area contributed by atoms with Crippen molar-refractivity contribution in [3.8, 4) is 0 Å². The highest BCUT2D eigenvalue weighted by atomic mass is 32.1. The van der Waals surface area contributed by atoms with E-state index >= 15 is 0 Å². The van der Waals surface area contributed by atoms with Gasteiger partial charge in [-0.2, -0.15) is 12.6 Å². The molecule has 0 unspecified atom stereocenters. The van der Waals surface area contributed by atoms with Gasteiger partial charge in [0.2, 0.25) is 11.8 Å². The zero-order valence-corrected chi connectivity index (χ0v) is 23.3. The first-order valence-electron chi connectivity index (χ1n) is 13.0. The van der Waals surface area contributed by atoms with Crippen molar-refractivity contribution in [2.45, 2.75) is 71.6 Å². The average molecular weight is 529 g/mol. The van der Waals surface area contributed by atoms with Gasteiger partial charge < -0.3 is 25.3 Å². The topological polar surface area (TPSA) is 110 Å². The molecular weight excluding hydrogens is 488 g/mol. The number of benzene rings is 1. The molecule has 1 aromatic carbocycles. The van der Waals surface area contributed by atoms with Gasteiger partial charge in [-0.15, -0.1) is 0 Å². The van der Waals surface area contributed by atoms with E-state index in [0.29, 0.717) is 50.7 Å². The molecule has 0 spiro atoms. The number of amides is 2. The minimum absolute atomic E-state index is 0.0160. The third-order valence-electron chi connectivity index (χ3n) is 6.11. The van der Waals surface area contributed by atoms with E-state index in [1.54, 1.807) is 0 Å². The van der Waals surface area contributed by atoms with E-state index < -0.39 is 5.54 Å². The molecule has 0 aliphatic carbocycles. The predicted octanol–water partition coefficient (Wildman–Crippen LogP) is 4.05. The number of hydrogen-bond donors (Lipinski definition) is 4. The molecule has 3 N–H and O–H groups in total. The number of nitrogens with one attached hydrogen (secondary N) is 3. The number of nitrogens with zero attached hydrogens (tertiary/aromatic N) is 3. The van der Waals surface area contributed by atoms with Crippen LogP contribution in [0, 0.1) is 0 Å². The molecule has 0 fully saturated rings. The Labute approximate surface area is 224 Å². The van der Waals surface area contributed by atoms with Gasteiger partial charge >= 0.3 is 0 Å². The number of unbranched alkanes of at least 4 members (excludes halogenated alkanes) is 2. The smallest absolute Gasteiger partial charge is 0.220 e. The van der Waals surface area contributed by atoms with Crippen LogP contribution in [-0.4, -0.2) is 57.8 Å². The summed E-state index contributed by atoms with van der Waals surface area (Å²) in [4.78, 5) is 33.9. The lowest BCUT2D eigenvalue weighted by molar-refractivity contribution is -0.123. The number of fused-ring (bicyclic) bond motifs is 3. The minimum Gasteiger partial charge on any atom is -0.374 e. The van der Waals surface area contributed by atoms with Gasteiger partial charge in [0.05, 0.1) is 16.6 Å². The highest BCUT2D eigenvalue weighted by Crippen LogP contribution is 2.31. The maximum Gasteiger partial charge on any atom is 0.220 e. The third-order valence-corrected chi connectivity index (χ3v) is 6.33. The van der Waals surface area contributed by atoms with Crippen LogP contribution in [0.2, 0.25) is 0 Å². The van der Waals surface area contributed by atoms with E-state index in [-0.39, 0.29) is 11.8 Å². The molecule has 2 aromatic heterocycles. The molecule has 0 saturated carbocycles. The Morgan fingerprint density at radius 1 is 1.08 bits per heavy atom. The molecule has 3 rings (SSSR count). The Hall–Kier alpha value is -2.85. The van der Waals surface area contributed by atoms with Gasteiger partial charge in [0.15, 0.2) is 5.82 Å². The van der Waals surface area contributed by atoms with Crippen molar-refractivity contribution in [1.82, 2.24) is 25.2 Å². The highest BCUT2D eigenvalue weighted by Gasteiger charge is 2.26. The van der Waals surface area contributed by atoms with Crippen molar-refractivity contribution >= 4 is 52.2 Å². The summed E-state index contributed by atoms with van der Waals surface area (Å²) in [6.07, 6.45) is 3.38. The number of hydrogen-bond acceptors (Lipinski definition) is 7. The van der Waals surface area contributed by atoms with E-state index in [0.717, 1.165) is 47.0 Å². The molecule has 0 aliphatic rings. The van der Waals surface area contributed by atoms with Gasteiger partial charge in [0.1, 0.15) is 17.9 Å². The van der Waals surface area contributed by atoms with Crippen LogP contribution >= 0.6 is 12.6 Å². The Balaban J connectivity index is 1.72. The fraction of sp³-hybridized carbons (Fsp3) is 0.556. The van der Waals surface area contributed by atoms with Gasteiger partial charge in [-0.1, -0.05) is 24.6 Å². The zero-order chi connectivity index (χ0) is 26.8. The molecule has 2 amide bonds. The third kappa shape index (κ3) is 7.82. The summed E-state index contributed by atoms with van der Waals surface area (Å²) >= 11 is 4.06. The second-order valence-electron chi connectivity index (χ2n) is 9.74. The zero-order valence-electron chi connectivity index (χ0n) is 22.4. The number of ether oxygens (including phenoxy) is 1. The molecule has 9 nitrogen and oxygen atoms in total. The molecule has 0 bridgehead atoms. The number of thiol groups is 1. The second-order valence-corrected chi connectivity index (χ2v) is 10.2. The fourth-order valence-electron chi connectivity index (χ4n) is 4.41. The summed E-state index contributed by atoms with van der Waals surface area (Å²) in [5.74, 6) is 2.11. The van der Waals surface area contributed by atoms with E-state index in [1.807, 2.05) is 46.0 Å². The number of para-hydroxylation sites is 1. The molecule has 10 heteroatoms. The van der Waals surface area contributed by atoms with Crippen LogP contribution in [0.1, 0.15) is 58.7 Å². The molecule has 0 aliphatic heterocycles. The molecule has 0 saturated heterocycles. The molecule has 202 valence electrons. The SMILES string of the molecule is CCOCc1nc2c(NC)nc3ccccc3c2n1CC(C)(C)NC(=O)CCCCCNC(=O)CCS. The first kappa shape index (κ1) is 28.7. The number of carbonyl (C=O) groups is 2. The minimum atomic E-state index is -0.517. The van der Waals surface area contributed by atoms with Crippen LogP contribution in [0.25, 0.3) is 21.9 Å². The van der Waals surface area contributed by atoms with E-state index in [1.165, 1.54) is 0 Å². The van der Waals surface area contributed by atoms with Gasteiger partial charge in [-0.05, 0) is 45.4 Å². The highest BCUT2D eigenvalue weighted by molar-refractivity contribution is 7.80. The van der Waals surface area contributed by atoms with Gasteiger partial charge in [-0.3, -0.25) is 9.59 Å². The Morgan fingerprint density at radius 2 is 1.86 bits per heavy atom.